The van der Waals surface area contributed by atoms with Crippen molar-refractivity contribution in [3.63, 3.8) is 0 Å². The first-order chi connectivity index (χ1) is 6.96. The van der Waals surface area contributed by atoms with Crippen LogP contribution in [0, 0.1) is 0 Å². The molecule has 1 aromatic rings. The molecule has 0 spiro atoms. The number of aliphatic hydroxyl groups is 2. The Balaban J connectivity index is 3.02. The summed E-state index contributed by atoms with van der Waals surface area (Å²) in [5, 5.41) is 19.4. The van der Waals surface area contributed by atoms with Gasteiger partial charge in [-0.2, -0.15) is 0 Å². The van der Waals surface area contributed by atoms with Crippen LogP contribution >= 0.6 is 23.2 Å². The molecule has 0 aliphatic heterocycles. The molecule has 0 radical (unpaired) electrons. The highest BCUT2D eigenvalue weighted by Crippen LogP contribution is 2.38. The number of rotatable bonds is 4. The number of hydrogen-bond donors (Lipinski definition) is 2. The average Bonchev–Trinajstić information content (AvgIpc) is 2.17. The Kier molecular flexibility index (Phi) is 4.41. The lowest BCUT2D eigenvalue weighted by Crippen LogP contribution is -2.33. The van der Waals surface area contributed by atoms with Gasteiger partial charge in [-0.1, -0.05) is 60.5 Å². The van der Waals surface area contributed by atoms with E-state index in [1.54, 1.807) is 19.1 Å². The Morgan fingerprint density at radius 1 is 1.27 bits per heavy atom. The van der Waals surface area contributed by atoms with Crippen LogP contribution in [0.1, 0.15) is 24.8 Å². The quantitative estimate of drug-likeness (QED) is 0.805. The largest absolute Gasteiger partial charge is 0.392 e. The van der Waals surface area contributed by atoms with Crippen LogP contribution in [0.25, 0.3) is 0 Å². The van der Waals surface area contributed by atoms with Crippen molar-refractivity contribution in [2.75, 3.05) is 0 Å². The Labute approximate surface area is 99.5 Å². The summed E-state index contributed by atoms with van der Waals surface area (Å²) in [4.78, 5) is 0. The van der Waals surface area contributed by atoms with Crippen LogP contribution in [0.15, 0.2) is 30.3 Å². The van der Waals surface area contributed by atoms with Gasteiger partial charge >= 0.3 is 0 Å². The molecule has 0 saturated carbocycles. The van der Waals surface area contributed by atoms with Crippen molar-refractivity contribution in [1.82, 2.24) is 0 Å². The predicted molar refractivity (Wildman–Crippen MR) is 62.1 cm³/mol. The maximum absolute atomic E-state index is 9.78. The summed E-state index contributed by atoms with van der Waals surface area (Å²) in [5.41, 5.74) is 0.722. The topological polar surface area (TPSA) is 40.5 Å². The summed E-state index contributed by atoms with van der Waals surface area (Å²) in [7, 11) is 0. The Morgan fingerprint density at radius 3 is 2.20 bits per heavy atom. The van der Waals surface area contributed by atoms with E-state index in [0.29, 0.717) is 6.42 Å². The summed E-state index contributed by atoms with van der Waals surface area (Å²) >= 11 is 11.3. The zero-order chi connectivity index (χ0) is 11.5. The molecule has 2 N–H and O–H groups in total. The maximum atomic E-state index is 9.78. The van der Waals surface area contributed by atoms with Crippen molar-refractivity contribution < 1.29 is 10.2 Å². The van der Waals surface area contributed by atoms with Gasteiger partial charge in [0, 0.05) is 0 Å². The number of hydrogen-bond acceptors (Lipinski definition) is 2. The van der Waals surface area contributed by atoms with Gasteiger partial charge in [0.2, 0.25) is 4.52 Å². The van der Waals surface area contributed by atoms with Crippen molar-refractivity contribution in [1.29, 1.82) is 0 Å². The van der Waals surface area contributed by atoms with Crippen LogP contribution < -0.4 is 0 Å². The van der Waals surface area contributed by atoms with Gasteiger partial charge in [0.15, 0.2) is 0 Å². The van der Waals surface area contributed by atoms with Crippen molar-refractivity contribution >= 4 is 23.2 Å². The van der Waals surface area contributed by atoms with Crippen LogP contribution in [-0.2, 0) is 0 Å². The highest BCUT2D eigenvalue weighted by Gasteiger charge is 2.38. The standard InChI is InChI=1S/C11H14Cl2O2/c1-2-9(14)10(11(12,13)15)8-6-4-3-5-7-8/h3-7,9-10,14-15H,2H2,1H3. The van der Waals surface area contributed by atoms with E-state index in [4.69, 9.17) is 23.2 Å². The summed E-state index contributed by atoms with van der Waals surface area (Å²) in [6.45, 7) is 1.81. The zero-order valence-corrected chi connectivity index (χ0v) is 9.91. The van der Waals surface area contributed by atoms with Gasteiger partial charge in [-0.3, -0.25) is 0 Å². The zero-order valence-electron chi connectivity index (χ0n) is 8.40. The molecule has 0 bridgehead atoms. The lowest BCUT2D eigenvalue weighted by Gasteiger charge is -2.29. The fourth-order valence-corrected chi connectivity index (χ4v) is 2.09. The fourth-order valence-electron chi connectivity index (χ4n) is 1.55. The second-order valence-corrected chi connectivity index (χ2v) is 4.80. The van der Waals surface area contributed by atoms with Crippen molar-refractivity contribution in [2.45, 2.75) is 29.9 Å². The molecule has 2 unspecified atom stereocenters. The lowest BCUT2D eigenvalue weighted by molar-refractivity contribution is 0.0684. The minimum atomic E-state index is -1.96. The molecule has 2 nitrogen and oxygen atoms in total. The van der Waals surface area contributed by atoms with Crippen molar-refractivity contribution in [3.05, 3.63) is 35.9 Å². The summed E-state index contributed by atoms with van der Waals surface area (Å²) in [5.74, 6) is -0.702. The van der Waals surface area contributed by atoms with Gasteiger partial charge < -0.3 is 10.2 Å². The third-order valence-electron chi connectivity index (χ3n) is 2.34. The molecule has 0 fully saturated rings. The molecule has 0 heterocycles. The first kappa shape index (κ1) is 12.8. The van der Waals surface area contributed by atoms with Gasteiger partial charge in [0.05, 0.1) is 12.0 Å². The molecule has 15 heavy (non-hydrogen) atoms. The van der Waals surface area contributed by atoms with E-state index in [2.05, 4.69) is 0 Å². The van der Waals surface area contributed by atoms with Gasteiger partial charge in [0.1, 0.15) is 0 Å². The highest BCUT2D eigenvalue weighted by atomic mass is 35.5. The average molecular weight is 249 g/mol. The molecule has 1 rings (SSSR count). The second-order valence-electron chi connectivity index (χ2n) is 3.45. The van der Waals surface area contributed by atoms with Crippen LogP contribution in [0.4, 0.5) is 0 Å². The first-order valence-electron chi connectivity index (χ1n) is 4.80. The SMILES string of the molecule is CCC(O)C(c1ccccc1)C(O)(Cl)Cl. The Morgan fingerprint density at radius 2 is 1.80 bits per heavy atom. The van der Waals surface area contributed by atoms with Gasteiger partial charge in [-0.05, 0) is 12.0 Å². The number of benzene rings is 1. The third kappa shape index (κ3) is 3.35. The molecule has 0 saturated heterocycles. The highest BCUT2D eigenvalue weighted by molar-refractivity contribution is 6.47. The monoisotopic (exact) mass is 248 g/mol. The van der Waals surface area contributed by atoms with E-state index in [9.17, 15) is 10.2 Å². The van der Waals surface area contributed by atoms with Gasteiger partial charge in [0.25, 0.3) is 0 Å². The minimum Gasteiger partial charge on any atom is -0.392 e. The van der Waals surface area contributed by atoms with E-state index in [1.807, 2.05) is 18.2 Å². The van der Waals surface area contributed by atoms with Crippen molar-refractivity contribution in [3.8, 4) is 0 Å². The molecular formula is C11H14Cl2O2. The normalized spacial score (nSPS) is 16.1. The van der Waals surface area contributed by atoms with E-state index in [1.165, 1.54) is 0 Å². The molecule has 0 aromatic heterocycles. The first-order valence-corrected chi connectivity index (χ1v) is 5.55. The predicted octanol–water partition coefficient (Wildman–Crippen LogP) is 2.66. The van der Waals surface area contributed by atoms with E-state index in [0.717, 1.165) is 5.56 Å². The lowest BCUT2D eigenvalue weighted by atomic mass is 9.92. The Hall–Kier alpha value is -0.280. The van der Waals surface area contributed by atoms with Crippen LogP contribution in [0.3, 0.4) is 0 Å². The second kappa shape index (κ2) is 5.17. The molecule has 0 aliphatic carbocycles. The molecule has 84 valence electrons. The summed E-state index contributed by atoms with van der Waals surface area (Å²) in [6.07, 6.45) is -0.297. The van der Waals surface area contributed by atoms with E-state index < -0.39 is 16.5 Å². The van der Waals surface area contributed by atoms with Crippen LogP contribution in [0.5, 0.6) is 0 Å². The summed E-state index contributed by atoms with van der Waals surface area (Å²) < 4.78 is -1.96. The molecule has 4 heteroatoms. The minimum absolute atomic E-state index is 0.474. The smallest absolute Gasteiger partial charge is 0.224 e. The van der Waals surface area contributed by atoms with Crippen LogP contribution in [-0.4, -0.2) is 20.8 Å². The third-order valence-corrected chi connectivity index (χ3v) is 2.81. The maximum Gasteiger partial charge on any atom is 0.224 e. The van der Waals surface area contributed by atoms with E-state index in [-0.39, 0.29) is 0 Å². The van der Waals surface area contributed by atoms with Gasteiger partial charge in [-0.25, -0.2) is 0 Å². The number of alkyl halides is 2. The molecule has 0 amide bonds. The van der Waals surface area contributed by atoms with Crippen LogP contribution in [0.2, 0.25) is 0 Å². The fraction of sp³-hybridized carbons (Fsp3) is 0.455. The molecule has 0 aliphatic rings. The number of halogens is 2. The number of aliphatic hydroxyl groups excluding tert-OH is 1. The molecular weight excluding hydrogens is 235 g/mol. The van der Waals surface area contributed by atoms with E-state index >= 15 is 0 Å². The molecule has 1 aromatic carbocycles. The van der Waals surface area contributed by atoms with Gasteiger partial charge in [-0.15, -0.1) is 0 Å². The Bertz CT molecular complexity index is 295. The van der Waals surface area contributed by atoms with Crippen molar-refractivity contribution in [2.24, 2.45) is 0 Å². The summed E-state index contributed by atoms with van der Waals surface area (Å²) in [6, 6.07) is 9.02. The molecule has 2 atom stereocenters.